The molecule has 4 rings (SSSR count). The van der Waals surface area contributed by atoms with E-state index in [1.165, 1.54) is 11.8 Å². The molecule has 0 spiro atoms. The molecule has 1 N–H and O–H groups in total. The largest absolute Gasteiger partial charge is 0.493 e. The minimum absolute atomic E-state index is 0.0868. The van der Waals surface area contributed by atoms with Crippen molar-refractivity contribution < 1.29 is 19.0 Å². The molecule has 0 bridgehead atoms. The Bertz CT molecular complexity index is 998. The number of nitrogens with zero attached hydrogens (tertiary/aromatic N) is 2. The number of carbonyl (C=O) groups excluding carboxylic acids is 1. The summed E-state index contributed by atoms with van der Waals surface area (Å²) in [7, 11) is 4.75. The molecular formula is C22H29N3O5. The molecular weight excluding hydrogens is 386 g/mol. The topological polar surface area (TPSA) is 91.7 Å². The Hall–Kier alpha value is -2.61. The van der Waals surface area contributed by atoms with Gasteiger partial charge in [0.2, 0.25) is 5.91 Å². The lowest BCUT2D eigenvalue weighted by Crippen LogP contribution is -2.42. The summed E-state index contributed by atoms with van der Waals surface area (Å²) >= 11 is 0. The van der Waals surface area contributed by atoms with Crippen LogP contribution in [0, 0.1) is 5.92 Å². The van der Waals surface area contributed by atoms with E-state index >= 15 is 0 Å². The van der Waals surface area contributed by atoms with Crippen LogP contribution in [0.2, 0.25) is 0 Å². The van der Waals surface area contributed by atoms with Crippen molar-refractivity contribution in [2.24, 2.45) is 5.92 Å². The molecule has 0 unspecified atom stereocenters. The van der Waals surface area contributed by atoms with Gasteiger partial charge in [0.15, 0.2) is 11.5 Å². The van der Waals surface area contributed by atoms with E-state index in [1.54, 1.807) is 26.4 Å². The third-order valence-corrected chi connectivity index (χ3v) is 6.42. The number of ether oxygens (including phenoxy) is 3. The first-order valence-corrected chi connectivity index (χ1v) is 10.6. The lowest BCUT2D eigenvalue weighted by atomic mass is 9.84. The highest BCUT2D eigenvalue weighted by Crippen LogP contribution is 2.36. The Balaban J connectivity index is 1.74. The molecule has 0 saturated heterocycles. The van der Waals surface area contributed by atoms with Gasteiger partial charge in [-0.2, -0.15) is 0 Å². The van der Waals surface area contributed by atoms with Gasteiger partial charge < -0.3 is 14.2 Å². The van der Waals surface area contributed by atoms with Gasteiger partial charge in [-0.1, -0.05) is 12.8 Å². The third-order valence-electron chi connectivity index (χ3n) is 6.42. The first-order valence-electron chi connectivity index (χ1n) is 10.6. The van der Waals surface area contributed by atoms with Crippen LogP contribution >= 0.6 is 0 Å². The van der Waals surface area contributed by atoms with Crippen LogP contribution in [-0.2, 0) is 9.53 Å². The number of nitrogens with one attached hydrogen (secondary N) is 1. The highest BCUT2D eigenvalue weighted by molar-refractivity contribution is 5.87. The molecule has 8 heteroatoms. The van der Waals surface area contributed by atoms with E-state index in [-0.39, 0.29) is 29.4 Å². The molecule has 2 aliphatic carbocycles. The molecule has 30 heavy (non-hydrogen) atoms. The zero-order valence-corrected chi connectivity index (χ0v) is 17.8. The predicted octanol–water partition coefficient (Wildman–Crippen LogP) is 2.96. The maximum atomic E-state index is 13.4. The molecule has 1 amide bonds. The van der Waals surface area contributed by atoms with Crippen LogP contribution < -0.4 is 20.5 Å². The zero-order chi connectivity index (χ0) is 21.3. The fourth-order valence-electron chi connectivity index (χ4n) is 4.38. The number of methoxy groups -OCH3 is 3. The minimum Gasteiger partial charge on any atom is -0.493 e. The van der Waals surface area contributed by atoms with Crippen molar-refractivity contribution in [3.05, 3.63) is 28.3 Å². The highest BCUT2D eigenvalue weighted by Gasteiger charge is 2.30. The van der Waals surface area contributed by atoms with Gasteiger partial charge in [0.25, 0.3) is 5.56 Å². The standard InChI is InChI=1S/C22H29N3O5/c1-28-15-9-5-8-14(10-15)21(26)24-25-20(13-6-4-7-13)23-17-12-19(30-3)18(29-2)11-16(17)22(25)27/h11-15H,4-10H2,1-3H3,(H,24,26)/t14-,15+/m1/s1. The summed E-state index contributed by atoms with van der Waals surface area (Å²) in [5.74, 6) is 1.42. The minimum atomic E-state index is -0.296. The fraction of sp³-hybridized carbons (Fsp3) is 0.591. The molecule has 2 saturated carbocycles. The summed E-state index contributed by atoms with van der Waals surface area (Å²) < 4.78 is 17.5. The van der Waals surface area contributed by atoms with Crippen LogP contribution in [0.5, 0.6) is 11.5 Å². The normalized spacial score (nSPS) is 21.8. The van der Waals surface area contributed by atoms with E-state index in [0.29, 0.717) is 34.6 Å². The highest BCUT2D eigenvalue weighted by atomic mass is 16.5. The van der Waals surface area contributed by atoms with Crippen molar-refractivity contribution in [3.63, 3.8) is 0 Å². The molecule has 2 aromatic rings. The SMILES string of the molecule is COc1cc2nc(C3CCC3)n(NC(=O)[C@@H]3CCC[C@H](OC)C3)c(=O)c2cc1OC. The third kappa shape index (κ3) is 3.76. The summed E-state index contributed by atoms with van der Waals surface area (Å²) in [4.78, 5) is 31.2. The second-order valence-corrected chi connectivity index (χ2v) is 8.16. The number of rotatable bonds is 6. The average Bonchev–Trinajstić information content (AvgIpc) is 2.74. The molecule has 1 aromatic heterocycles. The molecule has 0 radical (unpaired) electrons. The summed E-state index contributed by atoms with van der Waals surface area (Å²) in [6, 6.07) is 3.34. The number of fused-ring (bicyclic) bond motifs is 1. The monoisotopic (exact) mass is 415 g/mol. The molecule has 2 aliphatic rings. The van der Waals surface area contributed by atoms with Gasteiger partial charge in [-0.25, -0.2) is 9.66 Å². The Morgan fingerprint density at radius 3 is 2.40 bits per heavy atom. The molecule has 0 aliphatic heterocycles. The van der Waals surface area contributed by atoms with Crippen molar-refractivity contribution in [2.45, 2.75) is 57.0 Å². The number of carbonyl (C=O) groups is 1. The number of benzene rings is 1. The van der Waals surface area contributed by atoms with E-state index in [4.69, 9.17) is 19.2 Å². The van der Waals surface area contributed by atoms with Gasteiger partial charge >= 0.3 is 0 Å². The smallest absolute Gasteiger partial charge is 0.280 e. The quantitative estimate of drug-likeness (QED) is 0.780. The van der Waals surface area contributed by atoms with Crippen LogP contribution in [-0.4, -0.2) is 43.0 Å². The van der Waals surface area contributed by atoms with Crippen LogP contribution in [0.1, 0.15) is 56.7 Å². The van der Waals surface area contributed by atoms with E-state index in [1.807, 2.05) is 0 Å². The summed E-state index contributed by atoms with van der Waals surface area (Å²) in [6.45, 7) is 0. The van der Waals surface area contributed by atoms with Crippen LogP contribution in [0.25, 0.3) is 10.9 Å². The lowest BCUT2D eigenvalue weighted by Gasteiger charge is -2.30. The second kappa shape index (κ2) is 8.63. The second-order valence-electron chi connectivity index (χ2n) is 8.16. The van der Waals surface area contributed by atoms with Crippen LogP contribution in [0.3, 0.4) is 0 Å². The van der Waals surface area contributed by atoms with Gasteiger partial charge in [0, 0.05) is 25.0 Å². The average molecular weight is 415 g/mol. The first kappa shape index (κ1) is 20.7. The maximum absolute atomic E-state index is 13.4. The van der Waals surface area contributed by atoms with E-state index in [2.05, 4.69) is 5.43 Å². The summed E-state index contributed by atoms with van der Waals surface area (Å²) in [5.41, 5.74) is 3.12. The van der Waals surface area contributed by atoms with Gasteiger partial charge in [-0.05, 0) is 38.2 Å². The molecule has 1 heterocycles. The van der Waals surface area contributed by atoms with Crippen molar-refractivity contribution in [3.8, 4) is 11.5 Å². The van der Waals surface area contributed by atoms with E-state index in [0.717, 1.165) is 38.5 Å². The number of amides is 1. The number of hydrogen-bond donors (Lipinski definition) is 1. The van der Waals surface area contributed by atoms with Gasteiger partial charge in [0.1, 0.15) is 5.82 Å². The molecule has 2 atom stereocenters. The zero-order valence-electron chi connectivity index (χ0n) is 17.8. The number of hydrogen-bond acceptors (Lipinski definition) is 6. The fourth-order valence-corrected chi connectivity index (χ4v) is 4.38. The first-order chi connectivity index (χ1) is 14.5. The molecule has 1 aromatic carbocycles. The summed E-state index contributed by atoms with van der Waals surface area (Å²) in [6.07, 6.45) is 6.46. The lowest BCUT2D eigenvalue weighted by molar-refractivity contribution is -0.123. The van der Waals surface area contributed by atoms with E-state index in [9.17, 15) is 9.59 Å². The summed E-state index contributed by atoms with van der Waals surface area (Å²) in [5, 5.41) is 0.384. The van der Waals surface area contributed by atoms with Crippen LogP contribution in [0.4, 0.5) is 0 Å². The Morgan fingerprint density at radius 1 is 1.07 bits per heavy atom. The Kier molecular flexibility index (Phi) is 5.94. The Morgan fingerprint density at radius 2 is 1.77 bits per heavy atom. The number of aromatic nitrogens is 2. The van der Waals surface area contributed by atoms with Gasteiger partial charge in [0.05, 0.1) is 31.2 Å². The Labute approximate surface area is 175 Å². The maximum Gasteiger partial charge on any atom is 0.280 e. The van der Waals surface area contributed by atoms with Crippen molar-refractivity contribution in [1.82, 2.24) is 9.66 Å². The molecule has 162 valence electrons. The van der Waals surface area contributed by atoms with Gasteiger partial charge in [-0.3, -0.25) is 15.0 Å². The van der Waals surface area contributed by atoms with Crippen molar-refractivity contribution in [1.29, 1.82) is 0 Å². The molecule has 8 nitrogen and oxygen atoms in total. The van der Waals surface area contributed by atoms with E-state index < -0.39 is 0 Å². The van der Waals surface area contributed by atoms with Crippen molar-refractivity contribution >= 4 is 16.8 Å². The van der Waals surface area contributed by atoms with Gasteiger partial charge in [-0.15, -0.1) is 0 Å². The van der Waals surface area contributed by atoms with Crippen molar-refractivity contribution in [2.75, 3.05) is 26.8 Å². The predicted molar refractivity (Wildman–Crippen MR) is 113 cm³/mol. The van der Waals surface area contributed by atoms with Crippen LogP contribution in [0.15, 0.2) is 16.9 Å². The molecule has 2 fully saturated rings.